The molecule has 102 valence electrons. The predicted octanol–water partition coefficient (Wildman–Crippen LogP) is 0.654. The number of hydrogen-bond acceptors (Lipinski definition) is 4. The van der Waals surface area contributed by atoms with Gasteiger partial charge in [0.1, 0.15) is 0 Å². The lowest BCUT2D eigenvalue weighted by atomic mass is 10.3. The summed E-state index contributed by atoms with van der Waals surface area (Å²) in [4.78, 5) is 15.7. The SMILES string of the molecule is CCCNC(=O)CNCc1cnc2cc(C)nn2c1. The second kappa shape index (κ2) is 6.29. The summed E-state index contributed by atoms with van der Waals surface area (Å²) in [5.74, 6) is 0.0193. The number of nitrogens with one attached hydrogen (secondary N) is 2. The lowest BCUT2D eigenvalue weighted by Gasteiger charge is -2.05. The van der Waals surface area contributed by atoms with Crippen LogP contribution in [0, 0.1) is 6.92 Å². The largest absolute Gasteiger partial charge is 0.355 e. The summed E-state index contributed by atoms with van der Waals surface area (Å²) < 4.78 is 1.75. The average Bonchev–Trinajstić information content (AvgIpc) is 2.75. The zero-order valence-electron chi connectivity index (χ0n) is 11.3. The van der Waals surface area contributed by atoms with Crippen LogP contribution in [0.15, 0.2) is 18.5 Å². The van der Waals surface area contributed by atoms with Crippen molar-refractivity contribution in [3.05, 3.63) is 29.7 Å². The number of amides is 1. The Bertz CT molecular complexity index is 563. The Labute approximate surface area is 112 Å². The third-order valence-corrected chi connectivity index (χ3v) is 2.68. The van der Waals surface area contributed by atoms with Crippen molar-refractivity contribution in [2.75, 3.05) is 13.1 Å². The molecule has 2 heterocycles. The van der Waals surface area contributed by atoms with Crippen molar-refractivity contribution in [2.24, 2.45) is 0 Å². The molecule has 0 atom stereocenters. The van der Waals surface area contributed by atoms with E-state index in [1.807, 2.05) is 26.1 Å². The maximum absolute atomic E-state index is 11.4. The molecule has 0 aliphatic carbocycles. The number of aromatic nitrogens is 3. The van der Waals surface area contributed by atoms with Crippen molar-refractivity contribution in [3.63, 3.8) is 0 Å². The van der Waals surface area contributed by atoms with E-state index in [-0.39, 0.29) is 5.91 Å². The summed E-state index contributed by atoms with van der Waals surface area (Å²) in [6.07, 6.45) is 4.67. The van der Waals surface area contributed by atoms with Gasteiger partial charge in [0, 0.05) is 37.1 Å². The van der Waals surface area contributed by atoms with Crippen LogP contribution in [0.5, 0.6) is 0 Å². The molecule has 0 saturated carbocycles. The molecule has 0 unspecified atom stereocenters. The van der Waals surface area contributed by atoms with Crippen LogP contribution >= 0.6 is 0 Å². The molecule has 2 N–H and O–H groups in total. The van der Waals surface area contributed by atoms with Gasteiger partial charge < -0.3 is 10.6 Å². The quantitative estimate of drug-likeness (QED) is 0.801. The van der Waals surface area contributed by atoms with Gasteiger partial charge in [0.2, 0.25) is 5.91 Å². The first-order valence-corrected chi connectivity index (χ1v) is 6.47. The molecule has 0 bridgehead atoms. The highest BCUT2D eigenvalue weighted by atomic mass is 16.1. The van der Waals surface area contributed by atoms with E-state index in [0.29, 0.717) is 13.1 Å². The van der Waals surface area contributed by atoms with Gasteiger partial charge in [-0.3, -0.25) is 4.79 Å². The molecule has 2 aromatic rings. The number of nitrogens with zero attached hydrogens (tertiary/aromatic N) is 3. The second-order valence-corrected chi connectivity index (χ2v) is 4.50. The van der Waals surface area contributed by atoms with Gasteiger partial charge >= 0.3 is 0 Å². The Hall–Kier alpha value is -1.95. The van der Waals surface area contributed by atoms with Crippen molar-refractivity contribution >= 4 is 11.6 Å². The minimum atomic E-state index is 0.0193. The standard InChI is InChI=1S/C13H19N5O/c1-3-4-15-13(19)8-14-6-11-7-16-12-5-10(2)17-18(12)9-11/h5,7,9,14H,3-4,6,8H2,1-2H3,(H,15,19). The minimum absolute atomic E-state index is 0.0193. The van der Waals surface area contributed by atoms with E-state index in [9.17, 15) is 4.79 Å². The normalized spacial score (nSPS) is 10.8. The number of rotatable bonds is 6. The van der Waals surface area contributed by atoms with Gasteiger partial charge in [-0.15, -0.1) is 0 Å². The molecule has 6 heteroatoms. The van der Waals surface area contributed by atoms with Crippen LogP contribution in [-0.4, -0.2) is 33.6 Å². The van der Waals surface area contributed by atoms with Crippen molar-refractivity contribution in [1.29, 1.82) is 0 Å². The smallest absolute Gasteiger partial charge is 0.233 e. The molecule has 0 aliphatic heterocycles. The van der Waals surface area contributed by atoms with E-state index < -0.39 is 0 Å². The molecular weight excluding hydrogens is 242 g/mol. The predicted molar refractivity (Wildman–Crippen MR) is 72.7 cm³/mol. The molecule has 0 fully saturated rings. The Morgan fingerprint density at radius 1 is 1.47 bits per heavy atom. The van der Waals surface area contributed by atoms with Crippen LogP contribution in [0.1, 0.15) is 24.6 Å². The zero-order chi connectivity index (χ0) is 13.7. The highest BCUT2D eigenvalue weighted by Gasteiger charge is 2.02. The van der Waals surface area contributed by atoms with Gasteiger partial charge in [-0.1, -0.05) is 6.92 Å². The van der Waals surface area contributed by atoms with E-state index in [4.69, 9.17) is 0 Å². The lowest BCUT2D eigenvalue weighted by molar-refractivity contribution is -0.120. The Morgan fingerprint density at radius 2 is 2.32 bits per heavy atom. The van der Waals surface area contributed by atoms with Crippen LogP contribution in [0.4, 0.5) is 0 Å². The number of carbonyl (C=O) groups excluding carboxylic acids is 1. The number of aryl methyl sites for hydroxylation is 1. The fourth-order valence-electron chi connectivity index (χ4n) is 1.77. The van der Waals surface area contributed by atoms with E-state index >= 15 is 0 Å². The minimum Gasteiger partial charge on any atom is -0.355 e. The van der Waals surface area contributed by atoms with Crippen molar-refractivity contribution in [1.82, 2.24) is 25.2 Å². The van der Waals surface area contributed by atoms with Gasteiger partial charge in [-0.2, -0.15) is 5.10 Å². The van der Waals surface area contributed by atoms with Gasteiger partial charge in [0.15, 0.2) is 5.65 Å². The third-order valence-electron chi connectivity index (χ3n) is 2.68. The molecule has 1 amide bonds. The first kappa shape index (κ1) is 13.5. The van der Waals surface area contributed by atoms with Crippen LogP contribution < -0.4 is 10.6 Å². The Kier molecular flexibility index (Phi) is 4.46. The molecule has 19 heavy (non-hydrogen) atoms. The summed E-state index contributed by atoms with van der Waals surface area (Å²) in [7, 11) is 0. The van der Waals surface area contributed by atoms with Crippen molar-refractivity contribution in [3.8, 4) is 0 Å². The topological polar surface area (TPSA) is 71.3 Å². The van der Waals surface area contributed by atoms with Crippen LogP contribution in [0.3, 0.4) is 0 Å². The van der Waals surface area contributed by atoms with Crippen molar-refractivity contribution in [2.45, 2.75) is 26.8 Å². The molecule has 0 aromatic carbocycles. The van der Waals surface area contributed by atoms with E-state index in [2.05, 4.69) is 20.7 Å². The van der Waals surface area contributed by atoms with E-state index in [1.165, 1.54) is 0 Å². The van der Waals surface area contributed by atoms with Gasteiger partial charge in [-0.25, -0.2) is 9.50 Å². The summed E-state index contributed by atoms with van der Waals surface area (Å²) in [5, 5.41) is 10.2. The molecule has 0 saturated heterocycles. The van der Waals surface area contributed by atoms with E-state index in [0.717, 1.165) is 29.9 Å². The summed E-state index contributed by atoms with van der Waals surface area (Å²) in [5.41, 5.74) is 2.78. The molecule has 6 nitrogen and oxygen atoms in total. The molecule has 0 aliphatic rings. The molecule has 2 rings (SSSR count). The monoisotopic (exact) mass is 261 g/mol. The number of fused-ring (bicyclic) bond motifs is 1. The van der Waals surface area contributed by atoms with Crippen LogP contribution in [0.25, 0.3) is 5.65 Å². The van der Waals surface area contributed by atoms with E-state index in [1.54, 1.807) is 10.7 Å². The first-order chi connectivity index (χ1) is 9.19. The molecule has 2 aromatic heterocycles. The average molecular weight is 261 g/mol. The fourth-order valence-corrected chi connectivity index (χ4v) is 1.77. The van der Waals surface area contributed by atoms with Gasteiger partial charge in [0.25, 0.3) is 0 Å². The fraction of sp³-hybridized carbons (Fsp3) is 0.462. The molecule has 0 radical (unpaired) electrons. The lowest BCUT2D eigenvalue weighted by Crippen LogP contribution is -2.34. The summed E-state index contributed by atoms with van der Waals surface area (Å²) in [6.45, 7) is 5.60. The maximum atomic E-state index is 11.4. The highest BCUT2D eigenvalue weighted by molar-refractivity contribution is 5.77. The molecular formula is C13H19N5O. The second-order valence-electron chi connectivity index (χ2n) is 4.50. The van der Waals surface area contributed by atoms with Gasteiger partial charge in [-0.05, 0) is 13.3 Å². The van der Waals surface area contributed by atoms with Crippen LogP contribution in [0.2, 0.25) is 0 Å². The Balaban J connectivity index is 1.86. The summed E-state index contributed by atoms with van der Waals surface area (Å²) in [6, 6.07) is 1.93. The highest BCUT2D eigenvalue weighted by Crippen LogP contribution is 2.04. The van der Waals surface area contributed by atoms with Crippen molar-refractivity contribution < 1.29 is 4.79 Å². The number of carbonyl (C=O) groups is 1. The Morgan fingerprint density at radius 3 is 3.11 bits per heavy atom. The summed E-state index contributed by atoms with van der Waals surface area (Å²) >= 11 is 0. The van der Waals surface area contributed by atoms with Crippen LogP contribution in [-0.2, 0) is 11.3 Å². The first-order valence-electron chi connectivity index (χ1n) is 6.47. The number of hydrogen-bond donors (Lipinski definition) is 2. The molecule has 0 spiro atoms. The third kappa shape index (κ3) is 3.75. The maximum Gasteiger partial charge on any atom is 0.233 e. The zero-order valence-corrected chi connectivity index (χ0v) is 11.3. The van der Waals surface area contributed by atoms with Gasteiger partial charge in [0.05, 0.1) is 12.2 Å².